The Morgan fingerprint density at radius 1 is 1.50 bits per heavy atom. The second-order valence-electron chi connectivity index (χ2n) is 2.72. The number of thiophene rings is 1. The average molecular weight is 209 g/mol. The largest absolute Gasteiger partial charge is 0.330 e. The minimum absolute atomic E-state index is 0.476. The highest BCUT2D eigenvalue weighted by Gasteiger charge is 2.07. The van der Waals surface area contributed by atoms with Gasteiger partial charge in [0, 0.05) is 7.05 Å². The van der Waals surface area contributed by atoms with Crippen LogP contribution in [0.3, 0.4) is 0 Å². The molecule has 1 N–H and O–H groups in total. The van der Waals surface area contributed by atoms with Crippen LogP contribution in [0.15, 0.2) is 27.1 Å². The van der Waals surface area contributed by atoms with Crippen LogP contribution in [0, 0.1) is 0 Å². The molecule has 0 radical (unpaired) electrons. The molecule has 0 aliphatic heterocycles. The Labute approximate surface area is 82.7 Å². The summed E-state index contributed by atoms with van der Waals surface area (Å²) >= 11 is 1.46. The zero-order chi connectivity index (χ0) is 10.1. The molecule has 0 amide bonds. The molecule has 0 aliphatic carbocycles. The number of nitrogens with zero attached hydrogens (tertiary/aromatic N) is 2. The summed E-state index contributed by atoms with van der Waals surface area (Å²) in [5, 5.41) is 7.86. The molecule has 0 aliphatic rings. The molecule has 0 fully saturated rings. The molecule has 72 valence electrons. The Kier molecular flexibility index (Phi) is 2.05. The van der Waals surface area contributed by atoms with E-state index in [4.69, 9.17) is 0 Å². The summed E-state index contributed by atoms with van der Waals surface area (Å²) in [6.45, 7) is 0. The van der Waals surface area contributed by atoms with E-state index in [0.29, 0.717) is 5.82 Å². The van der Waals surface area contributed by atoms with Gasteiger partial charge in [-0.25, -0.2) is 5.10 Å². The van der Waals surface area contributed by atoms with Gasteiger partial charge in [0.25, 0.3) is 0 Å². The van der Waals surface area contributed by atoms with E-state index in [9.17, 15) is 9.59 Å². The highest BCUT2D eigenvalue weighted by molar-refractivity contribution is 7.13. The van der Waals surface area contributed by atoms with Crippen molar-refractivity contribution in [2.24, 2.45) is 7.05 Å². The van der Waals surface area contributed by atoms with Crippen molar-refractivity contribution in [2.75, 3.05) is 0 Å². The predicted octanol–water partition coefficient (Wildman–Crippen LogP) is 0.197. The van der Waals surface area contributed by atoms with E-state index >= 15 is 0 Å². The molecule has 14 heavy (non-hydrogen) atoms. The van der Waals surface area contributed by atoms with E-state index in [1.807, 2.05) is 17.5 Å². The molecule has 0 spiro atoms. The zero-order valence-electron chi connectivity index (χ0n) is 7.35. The SMILES string of the molecule is Cn1c(-c2cccs2)n[nH]c(=O)c1=O. The first-order valence-electron chi connectivity index (χ1n) is 3.90. The molecule has 2 rings (SSSR count). The average Bonchev–Trinajstić information content (AvgIpc) is 2.67. The Balaban J connectivity index is 2.74. The second kappa shape index (κ2) is 3.22. The number of nitrogens with one attached hydrogen (secondary N) is 1. The number of hydrogen-bond donors (Lipinski definition) is 1. The summed E-state index contributed by atoms with van der Waals surface area (Å²) in [6, 6.07) is 3.70. The van der Waals surface area contributed by atoms with Crippen LogP contribution in [0.2, 0.25) is 0 Å². The zero-order valence-corrected chi connectivity index (χ0v) is 8.17. The van der Waals surface area contributed by atoms with Gasteiger partial charge in [0.15, 0.2) is 5.82 Å². The Hall–Kier alpha value is -1.69. The van der Waals surface area contributed by atoms with Gasteiger partial charge in [-0.1, -0.05) is 6.07 Å². The van der Waals surface area contributed by atoms with Gasteiger partial charge >= 0.3 is 11.1 Å². The summed E-state index contributed by atoms with van der Waals surface area (Å²) in [5.74, 6) is 0.476. The first-order chi connectivity index (χ1) is 6.70. The quantitative estimate of drug-likeness (QED) is 0.682. The minimum atomic E-state index is -0.701. The number of aromatic amines is 1. The maximum atomic E-state index is 11.3. The molecule has 0 unspecified atom stereocenters. The van der Waals surface area contributed by atoms with Crippen LogP contribution in [-0.2, 0) is 7.05 Å². The molecular weight excluding hydrogens is 202 g/mol. The van der Waals surface area contributed by atoms with E-state index in [1.165, 1.54) is 23.0 Å². The lowest BCUT2D eigenvalue weighted by Crippen LogP contribution is -2.36. The first kappa shape index (κ1) is 8.89. The Morgan fingerprint density at radius 3 is 2.93 bits per heavy atom. The minimum Gasteiger partial charge on any atom is -0.289 e. The fraction of sp³-hybridized carbons (Fsp3) is 0.125. The number of H-pyrrole nitrogens is 1. The summed E-state index contributed by atoms with van der Waals surface area (Å²) in [4.78, 5) is 23.0. The number of rotatable bonds is 1. The van der Waals surface area contributed by atoms with E-state index in [1.54, 1.807) is 0 Å². The molecule has 0 bridgehead atoms. The molecule has 0 saturated carbocycles. The Bertz CT molecular complexity index is 553. The van der Waals surface area contributed by atoms with Crippen molar-refractivity contribution in [3.63, 3.8) is 0 Å². The van der Waals surface area contributed by atoms with Gasteiger partial charge in [-0.05, 0) is 11.4 Å². The monoisotopic (exact) mass is 209 g/mol. The lowest BCUT2D eigenvalue weighted by molar-refractivity contribution is 0.769. The van der Waals surface area contributed by atoms with Gasteiger partial charge in [0.05, 0.1) is 4.88 Å². The molecule has 0 aromatic carbocycles. The van der Waals surface area contributed by atoms with Crippen LogP contribution < -0.4 is 11.1 Å². The van der Waals surface area contributed by atoms with Crippen LogP contribution in [0.4, 0.5) is 0 Å². The summed E-state index contributed by atoms with van der Waals surface area (Å²) in [5.41, 5.74) is -1.30. The topological polar surface area (TPSA) is 67.8 Å². The van der Waals surface area contributed by atoms with Crippen molar-refractivity contribution < 1.29 is 0 Å². The van der Waals surface area contributed by atoms with Gasteiger partial charge < -0.3 is 0 Å². The van der Waals surface area contributed by atoms with Gasteiger partial charge in [0.2, 0.25) is 0 Å². The smallest absolute Gasteiger partial charge is 0.289 e. The number of aromatic nitrogens is 3. The summed E-state index contributed by atoms with van der Waals surface area (Å²) < 4.78 is 1.24. The van der Waals surface area contributed by atoms with Crippen molar-refractivity contribution in [1.82, 2.24) is 14.8 Å². The summed E-state index contributed by atoms with van der Waals surface area (Å²) in [6.07, 6.45) is 0. The second-order valence-corrected chi connectivity index (χ2v) is 3.67. The molecule has 0 atom stereocenters. The van der Waals surface area contributed by atoms with Crippen molar-refractivity contribution in [1.29, 1.82) is 0 Å². The van der Waals surface area contributed by atoms with E-state index in [-0.39, 0.29) is 0 Å². The van der Waals surface area contributed by atoms with Gasteiger partial charge in [0.1, 0.15) is 0 Å². The highest BCUT2D eigenvalue weighted by atomic mass is 32.1. The molecule has 2 aromatic rings. The standard InChI is InChI=1S/C8H7N3O2S/c1-11-6(5-3-2-4-14-5)9-10-7(12)8(11)13/h2-4H,1H3,(H,10,12). The normalized spacial score (nSPS) is 10.4. The third-order valence-electron chi connectivity index (χ3n) is 1.82. The van der Waals surface area contributed by atoms with E-state index in [2.05, 4.69) is 10.2 Å². The van der Waals surface area contributed by atoms with Crippen molar-refractivity contribution in [3.05, 3.63) is 38.2 Å². The third kappa shape index (κ3) is 1.29. The van der Waals surface area contributed by atoms with Crippen LogP contribution >= 0.6 is 11.3 Å². The lowest BCUT2D eigenvalue weighted by Gasteiger charge is -2.01. The first-order valence-corrected chi connectivity index (χ1v) is 4.77. The van der Waals surface area contributed by atoms with Crippen molar-refractivity contribution in [3.8, 4) is 10.7 Å². The fourth-order valence-corrected chi connectivity index (χ4v) is 1.85. The Morgan fingerprint density at radius 2 is 2.29 bits per heavy atom. The van der Waals surface area contributed by atoms with E-state index < -0.39 is 11.1 Å². The van der Waals surface area contributed by atoms with Crippen molar-refractivity contribution in [2.45, 2.75) is 0 Å². The van der Waals surface area contributed by atoms with Gasteiger partial charge in [-0.3, -0.25) is 14.2 Å². The maximum Gasteiger partial charge on any atom is 0.330 e. The van der Waals surface area contributed by atoms with Crippen LogP contribution in [0.25, 0.3) is 10.7 Å². The molecular formula is C8H7N3O2S. The van der Waals surface area contributed by atoms with Crippen LogP contribution in [0.5, 0.6) is 0 Å². The lowest BCUT2D eigenvalue weighted by atomic mass is 10.4. The van der Waals surface area contributed by atoms with Crippen molar-refractivity contribution >= 4 is 11.3 Å². The predicted molar refractivity (Wildman–Crippen MR) is 53.4 cm³/mol. The van der Waals surface area contributed by atoms with Gasteiger partial charge in [-0.2, -0.15) is 5.10 Å². The molecule has 6 heteroatoms. The molecule has 2 aromatic heterocycles. The molecule has 5 nitrogen and oxygen atoms in total. The fourth-order valence-electron chi connectivity index (χ4n) is 1.10. The van der Waals surface area contributed by atoms with Crippen LogP contribution in [-0.4, -0.2) is 14.8 Å². The molecule has 2 heterocycles. The highest BCUT2D eigenvalue weighted by Crippen LogP contribution is 2.19. The molecule has 0 saturated heterocycles. The van der Waals surface area contributed by atoms with Crippen LogP contribution in [0.1, 0.15) is 0 Å². The maximum absolute atomic E-state index is 11.3. The van der Waals surface area contributed by atoms with E-state index in [0.717, 1.165) is 4.88 Å². The third-order valence-corrected chi connectivity index (χ3v) is 2.69. The van der Waals surface area contributed by atoms with Gasteiger partial charge in [-0.15, -0.1) is 11.3 Å². The summed E-state index contributed by atoms with van der Waals surface area (Å²) in [7, 11) is 1.53. The number of hydrogen-bond acceptors (Lipinski definition) is 4.